The van der Waals surface area contributed by atoms with Crippen molar-refractivity contribution >= 4 is 11.8 Å². The van der Waals surface area contributed by atoms with E-state index in [1.165, 1.54) is 0 Å². The van der Waals surface area contributed by atoms with Gasteiger partial charge in [-0.05, 0) is 69.0 Å². The molecule has 0 fully saturated rings. The molecular formula is C25H34N2O4. The van der Waals surface area contributed by atoms with Crippen molar-refractivity contribution in [2.75, 3.05) is 13.7 Å². The van der Waals surface area contributed by atoms with Crippen LogP contribution in [0, 0.1) is 13.8 Å². The molecule has 1 N–H and O–H groups in total. The highest BCUT2D eigenvalue weighted by molar-refractivity contribution is 5.88. The summed E-state index contributed by atoms with van der Waals surface area (Å²) in [6, 6.07) is 12.7. The van der Waals surface area contributed by atoms with Crippen LogP contribution in [0.4, 0.5) is 0 Å². The van der Waals surface area contributed by atoms with Crippen molar-refractivity contribution in [1.82, 2.24) is 10.2 Å². The van der Waals surface area contributed by atoms with Crippen LogP contribution in [-0.4, -0.2) is 42.5 Å². The van der Waals surface area contributed by atoms with Crippen molar-refractivity contribution in [2.24, 2.45) is 0 Å². The zero-order valence-electron chi connectivity index (χ0n) is 19.4. The first kappa shape index (κ1) is 24.3. The topological polar surface area (TPSA) is 67.9 Å². The van der Waals surface area contributed by atoms with E-state index < -0.39 is 6.04 Å². The molecule has 2 aromatic carbocycles. The van der Waals surface area contributed by atoms with Gasteiger partial charge in [0.25, 0.3) is 5.91 Å². The zero-order valence-corrected chi connectivity index (χ0v) is 19.4. The van der Waals surface area contributed by atoms with E-state index in [1.54, 1.807) is 12.0 Å². The lowest BCUT2D eigenvalue weighted by molar-refractivity contribution is -0.143. The molecule has 2 amide bonds. The second-order valence-electron chi connectivity index (χ2n) is 7.94. The summed E-state index contributed by atoms with van der Waals surface area (Å²) in [7, 11) is 1.61. The fourth-order valence-corrected chi connectivity index (χ4v) is 3.33. The van der Waals surface area contributed by atoms with Crippen LogP contribution in [0.2, 0.25) is 0 Å². The molecule has 0 spiro atoms. The summed E-state index contributed by atoms with van der Waals surface area (Å²) in [5.41, 5.74) is 3.01. The molecule has 31 heavy (non-hydrogen) atoms. The normalized spacial score (nSPS) is 11.7. The van der Waals surface area contributed by atoms with Gasteiger partial charge in [0.1, 0.15) is 17.5 Å². The maximum atomic E-state index is 13.2. The smallest absolute Gasteiger partial charge is 0.261 e. The van der Waals surface area contributed by atoms with Crippen LogP contribution in [0.15, 0.2) is 42.5 Å². The monoisotopic (exact) mass is 426 g/mol. The van der Waals surface area contributed by atoms with Crippen LogP contribution >= 0.6 is 0 Å². The Hall–Kier alpha value is -3.02. The number of hydrogen-bond acceptors (Lipinski definition) is 4. The van der Waals surface area contributed by atoms with E-state index in [2.05, 4.69) is 5.32 Å². The van der Waals surface area contributed by atoms with Gasteiger partial charge in [0.05, 0.1) is 7.11 Å². The Morgan fingerprint density at radius 2 is 1.74 bits per heavy atom. The molecule has 0 bridgehead atoms. The standard InChI is InChI=1S/C25H34N2O4/c1-7-22(25(29)26-17(2)3)27(15-20-11-13-21(30-6)14-12-20)24(28)16-31-23-10-8-9-18(4)19(23)5/h8-14,17,22H,7,15-16H2,1-6H3,(H,26,29)/t22-/m0/s1. The third-order valence-corrected chi connectivity index (χ3v) is 5.23. The zero-order chi connectivity index (χ0) is 23.0. The first-order chi connectivity index (χ1) is 14.8. The molecule has 0 aromatic heterocycles. The number of aryl methyl sites for hydroxylation is 1. The van der Waals surface area contributed by atoms with Gasteiger partial charge in [-0.3, -0.25) is 9.59 Å². The van der Waals surface area contributed by atoms with Crippen molar-refractivity contribution < 1.29 is 19.1 Å². The van der Waals surface area contributed by atoms with Gasteiger partial charge >= 0.3 is 0 Å². The third-order valence-electron chi connectivity index (χ3n) is 5.23. The molecule has 6 heteroatoms. The molecule has 2 rings (SSSR count). The predicted octanol–water partition coefficient (Wildman–Crippen LogP) is 4.02. The summed E-state index contributed by atoms with van der Waals surface area (Å²) < 4.78 is 11.1. The summed E-state index contributed by atoms with van der Waals surface area (Å²) in [4.78, 5) is 27.7. The maximum absolute atomic E-state index is 13.2. The molecular weight excluding hydrogens is 392 g/mol. The molecule has 0 aliphatic carbocycles. The summed E-state index contributed by atoms with van der Waals surface area (Å²) >= 11 is 0. The van der Waals surface area contributed by atoms with Crippen LogP contribution in [0.1, 0.15) is 43.9 Å². The maximum Gasteiger partial charge on any atom is 0.261 e. The minimum atomic E-state index is -0.584. The largest absolute Gasteiger partial charge is 0.497 e. The molecule has 0 heterocycles. The second-order valence-corrected chi connectivity index (χ2v) is 7.94. The molecule has 6 nitrogen and oxygen atoms in total. The molecule has 0 saturated heterocycles. The number of carbonyl (C=O) groups excluding carboxylic acids is 2. The number of methoxy groups -OCH3 is 1. The SMILES string of the molecule is CC[C@@H](C(=O)NC(C)C)N(Cc1ccc(OC)cc1)C(=O)COc1cccc(C)c1C. The van der Waals surface area contributed by atoms with Gasteiger partial charge in [-0.25, -0.2) is 0 Å². The number of benzene rings is 2. The van der Waals surface area contributed by atoms with E-state index >= 15 is 0 Å². The Labute approximate surface area is 185 Å². The molecule has 2 aromatic rings. The Morgan fingerprint density at radius 1 is 1.06 bits per heavy atom. The van der Waals surface area contributed by atoms with Gasteiger partial charge in [-0.15, -0.1) is 0 Å². The summed E-state index contributed by atoms with van der Waals surface area (Å²) in [5.74, 6) is 1.02. The van der Waals surface area contributed by atoms with Crippen LogP contribution in [0.5, 0.6) is 11.5 Å². The first-order valence-electron chi connectivity index (χ1n) is 10.7. The lowest BCUT2D eigenvalue weighted by Crippen LogP contribution is -2.51. The first-order valence-corrected chi connectivity index (χ1v) is 10.7. The lowest BCUT2D eigenvalue weighted by Gasteiger charge is -2.31. The van der Waals surface area contributed by atoms with E-state index in [0.717, 1.165) is 22.4 Å². The van der Waals surface area contributed by atoms with Gasteiger partial charge in [-0.1, -0.05) is 31.2 Å². The number of carbonyl (C=O) groups is 2. The molecule has 0 radical (unpaired) electrons. The van der Waals surface area contributed by atoms with Gasteiger partial charge in [-0.2, -0.15) is 0 Å². The molecule has 0 aliphatic heterocycles. The average Bonchev–Trinajstić information content (AvgIpc) is 2.74. The molecule has 1 atom stereocenters. The van der Waals surface area contributed by atoms with Gasteiger partial charge < -0.3 is 19.7 Å². The summed E-state index contributed by atoms with van der Waals surface area (Å²) in [6.45, 7) is 9.87. The fraction of sp³-hybridized carbons (Fsp3) is 0.440. The van der Waals surface area contributed by atoms with Crippen molar-refractivity contribution in [3.05, 3.63) is 59.2 Å². The van der Waals surface area contributed by atoms with E-state index in [1.807, 2.05) is 77.1 Å². The van der Waals surface area contributed by atoms with Gasteiger partial charge in [0.15, 0.2) is 6.61 Å². The highest BCUT2D eigenvalue weighted by atomic mass is 16.5. The third kappa shape index (κ3) is 6.74. The quantitative estimate of drug-likeness (QED) is 0.623. The Bertz CT molecular complexity index is 878. The predicted molar refractivity (Wildman–Crippen MR) is 122 cm³/mol. The molecule has 0 aliphatic rings. The number of nitrogens with one attached hydrogen (secondary N) is 1. The van der Waals surface area contributed by atoms with Crippen LogP contribution in [-0.2, 0) is 16.1 Å². The van der Waals surface area contributed by atoms with E-state index in [-0.39, 0.29) is 24.5 Å². The molecule has 0 saturated carbocycles. The summed E-state index contributed by atoms with van der Waals surface area (Å²) in [5, 5.41) is 2.93. The fourth-order valence-electron chi connectivity index (χ4n) is 3.33. The molecule has 0 unspecified atom stereocenters. The van der Waals surface area contributed by atoms with Crippen LogP contribution in [0.3, 0.4) is 0 Å². The second kappa shape index (κ2) is 11.4. The average molecular weight is 427 g/mol. The summed E-state index contributed by atoms with van der Waals surface area (Å²) in [6.07, 6.45) is 0.504. The van der Waals surface area contributed by atoms with E-state index in [0.29, 0.717) is 18.7 Å². The number of rotatable bonds is 10. The lowest BCUT2D eigenvalue weighted by atomic mass is 10.1. The van der Waals surface area contributed by atoms with Gasteiger partial charge in [0, 0.05) is 12.6 Å². The number of nitrogens with zero attached hydrogens (tertiary/aromatic N) is 1. The van der Waals surface area contributed by atoms with Gasteiger partial charge in [0.2, 0.25) is 5.91 Å². The van der Waals surface area contributed by atoms with Crippen molar-refractivity contribution in [3.8, 4) is 11.5 Å². The Kier molecular flexibility index (Phi) is 8.91. The molecule has 168 valence electrons. The van der Waals surface area contributed by atoms with Crippen LogP contribution in [0.25, 0.3) is 0 Å². The van der Waals surface area contributed by atoms with Crippen molar-refractivity contribution in [3.63, 3.8) is 0 Å². The highest BCUT2D eigenvalue weighted by Gasteiger charge is 2.29. The van der Waals surface area contributed by atoms with E-state index in [4.69, 9.17) is 9.47 Å². The number of ether oxygens (including phenoxy) is 2. The minimum absolute atomic E-state index is 0.00863. The highest BCUT2D eigenvalue weighted by Crippen LogP contribution is 2.21. The minimum Gasteiger partial charge on any atom is -0.497 e. The number of amides is 2. The number of hydrogen-bond donors (Lipinski definition) is 1. The Balaban J connectivity index is 2.24. The van der Waals surface area contributed by atoms with E-state index in [9.17, 15) is 9.59 Å². The van der Waals surface area contributed by atoms with Crippen LogP contribution < -0.4 is 14.8 Å². The Morgan fingerprint density at radius 3 is 2.32 bits per heavy atom. The van der Waals surface area contributed by atoms with Crippen molar-refractivity contribution in [1.29, 1.82) is 0 Å². The van der Waals surface area contributed by atoms with Crippen molar-refractivity contribution in [2.45, 2.75) is 59.7 Å².